The van der Waals surface area contributed by atoms with E-state index in [1.807, 2.05) is 11.9 Å². The van der Waals surface area contributed by atoms with E-state index in [0.717, 1.165) is 19.4 Å². The van der Waals surface area contributed by atoms with Crippen LogP contribution in [0.5, 0.6) is 0 Å². The molecule has 1 spiro atoms. The fourth-order valence-electron chi connectivity index (χ4n) is 5.34. The average molecular weight is 391 g/mol. The molecule has 4 fully saturated rings. The van der Waals surface area contributed by atoms with Crippen LogP contribution in [-0.2, 0) is 14.8 Å². The van der Waals surface area contributed by atoms with Crippen molar-refractivity contribution in [3.8, 4) is 0 Å². The number of carbonyl (C=O) groups excluding carboxylic acids is 1. The van der Waals surface area contributed by atoms with Gasteiger partial charge in [-0.1, -0.05) is 0 Å². The lowest BCUT2D eigenvalue weighted by molar-refractivity contribution is -0.132. The summed E-state index contributed by atoms with van der Waals surface area (Å²) < 4.78 is 26.8. The van der Waals surface area contributed by atoms with Gasteiger partial charge in [0.05, 0.1) is 16.7 Å². The predicted octanol–water partition coefficient (Wildman–Crippen LogP) is 0.328. The van der Waals surface area contributed by atoms with Gasteiger partial charge < -0.3 is 9.80 Å². The Kier molecular flexibility index (Phi) is 3.78. The van der Waals surface area contributed by atoms with Gasteiger partial charge >= 0.3 is 0 Å². The van der Waals surface area contributed by atoms with Crippen LogP contribution >= 0.6 is 0 Å². The fraction of sp³-hybridized carbons (Fsp3) is 0.722. The quantitative estimate of drug-likeness (QED) is 0.738. The average Bonchev–Trinajstić information content (AvgIpc) is 3.43. The van der Waals surface area contributed by atoms with Crippen molar-refractivity contribution >= 4 is 21.9 Å². The number of hydrogen-bond acceptors (Lipinski definition) is 6. The predicted molar refractivity (Wildman–Crippen MR) is 99.5 cm³/mol. The molecule has 0 bridgehead atoms. The van der Waals surface area contributed by atoms with Crippen molar-refractivity contribution in [1.29, 1.82) is 0 Å². The molecule has 1 aromatic rings. The van der Waals surface area contributed by atoms with Crippen molar-refractivity contribution in [1.82, 2.24) is 19.2 Å². The number of sulfonamides is 1. The van der Waals surface area contributed by atoms with Crippen molar-refractivity contribution in [3.05, 3.63) is 18.5 Å². The Bertz CT molecular complexity index is 849. The summed E-state index contributed by atoms with van der Waals surface area (Å²) in [5.74, 6) is 0.998. The third kappa shape index (κ3) is 2.51. The molecular formula is C18H25N5O3S. The van der Waals surface area contributed by atoms with Crippen molar-refractivity contribution in [2.75, 3.05) is 38.1 Å². The minimum atomic E-state index is -3.14. The van der Waals surface area contributed by atoms with Crippen LogP contribution in [0.3, 0.4) is 0 Å². The van der Waals surface area contributed by atoms with Gasteiger partial charge in [-0.25, -0.2) is 22.7 Å². The van der Waals surface area contributed by atoms with Crippen LogP contribution in [0.25, 0.3) is 0 Å². The van der Waals surface area contributed by atoms with E-state index in [-0.39, 0.29) is 28.5 Å². The van der Waals surface area contributed by atoms with E-state index in [9.17, 15) is 13.2 Å². The standard InChI is InChI=1S/C18H25N5O3S/c1-21-16(24)14-11-22(17-19-7-2-8-20-17)12-15(14)18(21)5-9-23(10-6-18)27(25,26)13-3-4-13/h2,7-8,13-15H,3-6,9-12H2,1H3/t14-,15+/m1/s1. The zero-order valence-electron chi connectivity index (χ0n) is 15.5. The Labute approximate surface area is 159 Å². The zero-order valence-corrected chi connectivity index (χ0v) is 16.3. The molecular weight excluding hydrogens is 366 g/mol. The maximum atomic E-state index is 13.0. The first kappa shape index (κ1) is 17.4. The Morgan fingerprint density at radius 1 is 1.11 bits per heavy atom. The highest BCUT2D eigenvalue weighted by molar-refractivity contribution is 7.90. The smallest absolute Gasteiger partial charge is 0.228 e. The third-order valence-corrected chi connectivity index (χ3v) is 9.45. The summed E-state index contributed by atoms with van der Waals surface area (Å²) in [6.45, 7) is 2.42. The maximum Gasteiger partial charge on any atom is 0.228 e. The van der Waals surface area contributed by atoms with Crippen LogP contribution in [0.4, 0.5) is 5.95 Å². The summed E-state index contributed by atoms with van der Waals surface area (Å²) in [7, 11) is -1.24. The molecule has 0 aromatic carbocycles. The van der Waals surface area contributed by atoms with Crippen LogP contribution in [0, 0.1) is 11.8 Å². The van der Waals surface area contributed by atoms with Gasteiger partial charge in [-0.3, -0.25) is 4.79 Å². The summed E-state index contributed by atoms with van der Waals surface area (Å²) in [4.78, 5) is 25.7. The van der Waals surface area contributed by atoms with Crippen LogP contribution in [-0.4, -0.2) is 77.5 Å². The van der Waals surface area contributed by atoms with Crippen molar-refractivity contribution in [2.45, 2.75) is 36.5 Å². The highest BCUT2D eigenvalue weighted by Gasteiger charge is 2.61. The van der Waals surface area contributed by atoms with Gasteiger partial charge in [0.25, 0.3) is 0 Å². The monoisotopic (exact) mass is 391 g/mol. The first-order chi connectivity index (χ1) is 12.9. The summed E-state index contributed by atoms with van der Waals surface area (Å²) in [6, 6.07) is 1.79. The van der Waals surface area contributed by atoms with E-state index in [1.54, 1.807) is 22.8 Å². The third-order valence-electron chi connectivity index (χ3n) is 7.05. The number of carbonyl (C=O) groups is 1. The normalized spacial score (nSPS) is 30.9. The number of amides is 1. The molecule has 0 N–H and O–H groups in total. The van der Waals surface area contributed by atoms with Crippen molar-refractivity contribution in [3.63, 3.8) is 0 Å². The topological polar surface area (TPSA) is 86.7 Å². The minimum Gasteiger partial charge on any atom is -0.340 e. The number of piperidine rings is 1. The molecule has 4 aliphatic rings. The Balaban J connectivity index is 1.37. The second-order valence-electron chi connectivity index (χ2n) is 8.31. The fourth-order valence-corrected chi connectivity index (χ4v) is 7.19. The van der Waals surface area contributed by atoms with E-state index in [4.69, 9.17) is 0 Å². The summed E-state index contributed by atoms with van der Waals surface area (Å²) in [6.07, 6.45) is 6.46. The number of hydrogen-bond donors (Lipinski definition) is 0. The molecule has 146 valence electrons. The van der Waals surface area contributed by atoms with E-state index in [2.05, 4.69) is 14.9 Å². The number of fused-ring (bicyclic) bond motifs is 2. The highest BCUT2D eigenvalue weighted by Crippen LogP contribution is 2.50. The lowest BCUT2D eigenvalue weighted by Crippen LogP contribution is -2.57. The van der Waals surface area contributed by atoms with Gasteiger partial charge in [0.15, 0.2) is 0 Å². The number of anilines is 1. The van der Waals surface area contributed by atoms with Crippen molar-refractivity contribution < 1.29 is 13.2 Å². The number of aromatic nitrogens is 2. The van der Waals surface area contributed by atoms with Crippen LogP contribution in [0.1, 0.15) is 25.7 Å². The number of nitrogens with zero attached hydrogens (tertiary/aromatic N) is 5. The van der Waals surface area contributed by atoms with Crippen LogP contribution < -0.4 is 4.90 Å². The molecule has 0 radical (unpaired) electrons. The van der Waals surface area contributed by atoms with Gasteiger partial charge in [-0.05, 0) is 31.7 Å². The molecule has 3 saturated heterocycles. The molecule has 1 saturated carbocycles. The lowest BCUT2D eigenvalue weighted by Gasteiger charge is -2.46. The number of rotatable bonds is 3. The molecule has 1 aromatic heterocycles. The van der Waals surface area contributed by atoms with E-state index in [1.165, 1.54) is 0 Å². The molecule has 8 nitrogen and oxygen atoms in total. The largest absolute Gasteiger partial charge is 0.340 e. The molecule has 27 heavy (non-hydrogen) atoms. The molecule has 9 heteroatoms. The Hall–Kier alpha value is -1.74. The summed E-state index contributed by atoms with van der Waals surface area (Å²) >= 11 is 0. The number of likely N-dealkylation sites (tertiary alicyclic amines) is 1. The molecule has 5 rings (SSSR count). The molecule has 2 atom stereocenters. The first-order valence-corrected chi connectivity index (χ1v) is 11.2. The van der Waals surface area contributed by atoms with Crippen LogP contribution in [0.15, 0.2) is 18.5 Å². The summed E-state index contributed by atoms with van der Waals surface area (Å²) in [5, 5.41) is -0.167. The van der Waals surface area contributed by atoms with Gasteiger partial charge in [0.2, 0.25) is 21.9 Å². The minimum absolute atomic E-state index is 0.0506. The molecule has 1 aliphatic carbocycles. The first-order valence-electron chi connectivity index (χ1n) is 9.72. The van der Waals surface area contributed by atoms with Gasteiger partial charge in [0.1, 0.15) is 0 Å². The van der Waals surface area contributed by atoms with Gasteiger partial charge in [-0.2, -0.15) is 0 Å². The van der Waals surface area contributed by atoms with E-state index < -0.39 is 10.0 Å². The van der Waals surface area contributed by atoms with Crippen molar-refractivity contribution in [2.24, 2.45) is 11.8 Å². The SMILES string of the molecule is CN1C(=O)[C@@H]2CN(c3ncccn3)C[C@@H]2C12CCN(S(=O)(=O)C1CC1)CC2. The Morgan fingerprint density at radius 2 is 1.78 bits per heavy atom. The molecule has 0 unspecified atom stereocenters. The second-order valence-corrected chi connectivity index (χ2v) is 10.5. The molecule has 4 heterocycles. The maximum absolute atomic E-state index is 13.0. The Morgan fingerprint density at radius 3 is 2.41 bits per heavy atom. The van der Waals surface area contributed by atoms with Gasteiger partial charge in [0, 0.05) is 51.5 Å². The summed E-state index contributed by atoms with van der Waals surface area (Å²) in [5.41, 5.74) is -0.249. The van der Waals surface area contributed by atoms with E-state index >= 15 is 0 Å². The van der Waals surface area contributed by atoms with Crippen LogP contribution in [0.2, 0.25) is 0 Å². The van der Waals surface area contributed by atoms with Gasteiger partial charge in [-0.15, -0.1) is 0 Å². The molecule has 3 aliphatic heterocycles. The van der Waals surface area contributed by atoms with E-state index in [0.29, 0.717) is 38.4 Å². The highest BCUT2D eigenvalue weighted by atomic mass is 32.2. The zero-order chi connectivity index (χ0) is 18.8. The molecule has 1 amide bonds. The second kappa shape index (κ2) is 5.88. The lowest BCUT2D eigenvalue weighted by atomic mass is 9.75.